The second-order valence-corrected chi connectivity index (χ2v) is 6.99. The van der Waals surface area contributed by atoms with E-state index < -0.39 is 21.7 Å². The number of benzene rings is 1. The van der Waals surface area contributed by atoms with E-state index in [-0.39, 0.29) is 17.3 Å². The standard InChI is InChI=1S/C13H16N2O5S/c1-20-11-2-3-12(16)10(6-11)7-14-15-13(17)9-4-5-21(18,19)8-9/h2-3,6-7,9,16H,4-5,8H2,1H3,(H,15,17)/b14-7+/t9-/m1/s1. The smallest absolute Gasteiger partial charge is 0.244 e. The number of hydrogen-bond acceptors (Lipinski definition) is 6. The molecule has 0 aliphatic carbocycles. The number of aromatic hydroxyl groups is 1. The summed E-state index contributed by atoms with van der Waals surface area (Å²) in [5, 5.41) is 13.4. The predicted molar refractivity (Wildman–Crippen MR) is 77.2 cm³/mol. The monoisotopic (exact) mass is 312 g/mol. The summed E-state index contributed by atoms with van der Waals surface area (Å²) in [7, 11) is -1.61. The van der Waals surface area contributed by atoms with Crippen LogP contribution in [-0.2, 0) is 14.6 Å². The molecule has 1 heterocycles. The second-order valence-electron chi connectivity index (χ2n) is 4.76. The Morgan fingerprint density at radius 3 is 2.90 bits per heavy atom. The third-order valence-corrected chi connectivity index (χ3v) is 4.98. The van der Waals surface area contributed by atoms with Crippen LogP contribution < -0.4 is 10.2 Å². The van der Waals surface area contributed by atoms with Crippen LogP contribution in [0.3, 0.4) is 0 Å². The number of nitrogens with zero attached hydrogens (tertiary/aromatic N) is 1. The molecule has 114 valence electrons. The zero-order valence-electron chi connectivity index (χ0n) is 11.4. The first-order valence-electron chi connectivity index (χ1n) is 6.31. The molecule has 0 saturated carbocycles. The van der Waals surface area contributed by atoms with E-state index in [2.05, 4.69) is 10.5 Å². The minimum absolute atomic E-state index is 0.00255. The summed E-state index contributed by atoms with van der Waals surface area (Å²) in [6, 6.07) is 4.60. The molecule has 0 aromatic heterocycles. The summed E-state index contributed by atoms with van der Waals surface area (Å²) >= 11 is 0. The minimum Gasteiger partial charge on any atom is -0.507 e. The molecule has 21 heavy (non-hydrogen) atoms. The third kappa shape index (κ3) is 3.94. The zero-order valence-corrected chi connectivity index (χ0v) is 12.3. The lowest BCUT2D eigenvalue weighted by Crippen LogP contribution is -2.27. The van der Waals surface area contributed by atoms with Gasteiger partial charge in [-0.05, 0) is 24.6 Å². The lowest BCUT2D eigenvalue weighted by molar-refractivity contribution is -0.124. The van der Waals surface area contributed by atoms with Gasteiger partial charge in [0.1, 0.15) is 11.5 Å². The fraction of sp³-hybridized carbons (Fsp3) is 0.385. The van der Waals surface area contributed by atoms with Gasteiger partial charge < -0.3 is 9.84 Å². The third-order valence-electron chi connectivity index (χ3n) is 3.22. The van der Waals surface area contributed by atoms with E-state index in [0.29, 0.717) is 17.7 Å². The van der Waals surface area contributed by atoms with Gasteiger partial charge in [0.2, 0.25) is 5.91 Å². The summed E-state index contributed by atoms with van der Waals surface area (Å²) in [5.74, 6) is -0.565. The van der Waals surface area contributed by atoms with Gasteiger partial charge >= 0.3 is 0 Å². The lowest BCUT2D eigenvalue weighted by atomic mass is 10.1. The number of methoxy groups -OCH3 is 1. The average molecular weight is 312 g/mol. The molecule has 1 atom stereocenters. The fourth-order valence-electron chi connectivity index (χ4n) is 2.02. The number of ether oxygens (including phenoxy) is 1. The van der Waals surface area contributed by atoms with Crippen LogP contribution in [0, 0.1) is 5.92 Å². The molecule has 2 rings (SSSR count). The van der Waals surface area contributed by atoms with Gasteiger partial charge in [0.05, 0.1) is 30.7 Å². The van der Waals surface area contributed by atoms with Crippen LogP contribution in [0.25, 0.3) is 0 Å². The second kappa shape index (κ2) is 6.13. The van der Waals surface area contributed by atoms with Crippen LogP contribution in [0.1, 0.15) is 12.0 Å². The topological polar surface area (TPSA) is 105 Å². The van der Waals surface area contributed by atoms with Gasteiger partial charge in [-0.3, -0.25) is 4.79 Å². The van der Waals surface area contributed by atoms with Crippen LogP contribution in [0.5, 0.6) is 11.5 Å². The SMILES string of the molecule is COc1ccc(O)c(/C=N/NC(=O)[C@@H]2CCS(=O)(=O)C2)c1. The van der Waals surface area contributed by atoms with E-state index in [1.807, 2.05) is 0 Å². The van der Waals surface area contributed by atoms with E-state index in [1.54, 1.807) is 12.1 Å². The molecule has 0 spiro atoms. The Labute approximate surface area is 122 Å². The highest BCUT2D eigenvalue weighted by Crippen LogP contribution is 2.21. The fourth-order valence-corrected chi connectivity index (χ4v) is 3.76. The molecular weight excluding hydrogens is 296 g/mol. The van der Waals surface area contributed by atoms with Crippen molar-refractivity contribution in [3.63, 3.8) is 0 Å². The number of nitrogens with one attached hydrogen (secondary N) is 1. The van der Waals surface area contributed by atoms with Crippen molar-refractivity contribution in [1.29, 1.82) is 0 Å². The molecule has 1 amide bonds. The number of phenols is 1. The first-order valence-corrected chi connectivity index (χ1v) is 8.14. The number of carbonyl (C=O) groups is 1. The van der Waals surface area contributed by atoms with Crippen molar-refractivity contribution in [1.82, 2.24) is 5.43 Å². The molecular formula is C13H16N2O5S. The van der Waals surface area contributed by atoms with Gasteiger partial charge in [-0.25, -0.2) is 13.8 Å². The molecule has 2 N–H and O–H groups in total. The number of rotatable bonds is 4. The molecule has 1 aliphatic rings. The Morgan fingerprint density at radius 1 is 1.52 bits per heavy atom. The first-order chi connectivity index (χ1) is 9.91. The van der Waals surface area contributed by atoms with Gasteiger partial charge in [0, 0.05) is 5.56 Å². The molecule has 7 nitrogen and oxygen atoms in total. The molecule has 0 bridgehead atoms. The number of sulfone groups is 1. The van der Waals surface area contributed by atoms with Crippen molar-refractivity contribution < 1.29 is 23.1 Å². The van der Waals surface area contributed by atoms with E-state index in [0.717, 1.165) is 0 Å². The number of amides is 1. The van der Waals surface area contributed by atoms with Crippen molar-refractivity contribution in [3.05, 3.63) is 23.8 Å². The first kappa shape index (κ1) is 15.3. The lowest BCUT2D eigenvalue weighted by Gasteiger charge is -2.05. The van der Waals surface area contributed by atoms with E-state index in [1.165, 1.54) is 19.4 Å². The normalized spacial score (nSPS) is 20.5. The number of hydrogen-bond donors (Lipinski definition) is 2. The highest BCUT2D eigenvalue weighted by atomic mass is 32.2. The number of hydrazone groups is 1. The molecule has 0 unspecified atom stereocenters. The Balaban J connectivity index is 1.98. The average Bonchev–Trinajstić information content (AvgIpc) is 2.81. The highest BCUT2D eigenvalue weighted by molar-refractivity contribution is 7.91. The van der Waals surface area contributed by atoms with Crippen LogP contribution >= 0.6 is 0 Å². The van der Waals surface area contributed by atoms with Gasteiger partial charge in [-0.1, -0.05) is 0 Å². The summed E-state index contributed by atoms with van der Waals surface area (Å²) in [6.45, 7) is 0. The van der Waals surface area contributed by atoms with Crippen molar-refractivity contribution in [2.75, 3.05) is 18.6 Å². The molecule has 0 radical (unpaired) electrons. The Morgan fingerprint density at radius 2 is 2.29 bits per heavy atom. The number of phenolic OH excluding ortho intramolecular Hbond substituents is 1. The maximum Gasteiger partial charge on any atom is 0.244 e. The minimum atomic E-state index is -3.10. The quantitative estimate of drug-likeness (QED) is 0.614. The van der Waals surface area contributed by atoms with E-state index in [4.69, 9.17) is 4.74 Å². The summed E-state index contributed by atoms with van der Waals surface area (Å²) < 4.78 is 27.6. The molecule has 1 saturated heterocycles. The van der Waals surface area contributed by atoms with Crippen molar-refractivity contribution in [3.8, 4) is 11.5 Å². The maximum atomic E-state index is 11.8. The summed E-state index contributed by atoms with van der Waals surface area (Å²) in [5.41, 5.74) is 2.67. The number of carbonyl (C=O) groups excluding carboxylic acids is 1. The summed E-state index contributed by atoms with van der Waals surface area (Å²) in [6.07, 6.45) is 1.59. The maximum absolute atomic E-state index is 11.8. The van der Waals surface area contributed by atoms with Crippen LogP contribution in [-0.4, -0.2) is 44.3 Å². The predicted octanol–water partition coefficient (Wildman–Crippen LogP) is 0.286. The molecule has 8 heteroatoms. The Kier molecular flexibility index (Phi) is 4.46. The van der Waals surface area contributed by atoms with Gasteiger partial charge in [0.15, 0.2) is 9.84 Å². The largest absolute Gasteiger partial charge is 0.507 e. The van der Waals surface area contributed by atoms with Crippen molar-refractivity contribution >= 4 is 22.0 Å². The highest BCUT2D eigenvalue weighted by Gasteiger charge is 2.32. The van der Waals surface area contributed by atoms with Crippen LogP contribution in [0.15, 0.2) is 23.3 Å². The van der Waals surface area contributed by atoms with E-state index in [9.17, 15) is 18.3 Å². The van der Waals surface area contributed by atoms with Gasteiger partial charge in [-0.2, -0.15) is 5.10 Å². The Bertz CT molecular complexity index is 669. The van der Waals surface area contributed by atoms with Crippen molar-refractivity contribution in [2.24, 2.45) is 11.0 Å². The molecule has 1 aromatic carbocycles. The molecule has 1 aliphatic heterocycles. The Hall–Kier alpha value is -2.09. The van der Waals surface area contributed by atoms with Crippen molar-refractivity contribution in [2.45, 2.75) is 6.42 Å². The van der Waals surface area contributed by atoms with Gasteiger partial charge in [0.25, 0.3) is 0 Å². The zero-order chi connectivity index (χ0) is 15.5. The summed E-state index contributed by atoms with van der Waals surface area (Å²) in [4.78, 5) is 11.8. The molecule has 1 fully saturated rings. The van der Waals surface area contributed by atoms with Crippen LogP contribution in [0.2, 0.25) is 0 Å². The van der Waals surface area contributed by atoms with E-state index >= 15 is 0 Å². The molecule has 1 aromatic rings. The van der Waals surface area contributed by atoms with Gasteiger partial charge in [-0.15, -0.1) is 0 Å². The van der Waals surface area contributed by atoms with Crippen LogP contribution in [0.4, 0.5) is 0 Å².